The molecule has 0 heterocycles. The fraction of sp³-hybridized carbons (Fsp3) is 0.500. The molecule has 5 nitrogen and oxygen atoms in total. The number of amides is 1. The summed E-state index contributed by atoms with van der Waals surface area (Å²) in [4.78, 5) is 11.7. The van der Waals surface area contributed by atoms with E-state index in [0.29, 0.717) is 5.92 Å². The maximum atomic E-state index is 12.4. The van der Waals surface area contributed by atoms with Gasteiger partial charge < -0.3 is 20.1 Å². The summed E-state index contributed by atoms with van der Waals surface area (Å²) in [6.45, 7) is -5.53. The molecule has 2 rings (SSSR count). The molecule has 0 unspecified atom stereocenters. The van der Waals surface area contributed by atoms with Crippen LogP contribution >= 0.6 is 12.4 Å². The zero-order chi connectivity index (χ0) is 16.8. The molecule has 1 aromatic rings. The van der Waals surface area contributed by atoms with E-state index < -0.39 is 24.9 Å². The largest absolute Gasteiger partial charge is 0.435 e. The Morgan fingerprint density at radius 3 is 2.42 bits per heavy atom. The van der Waals surface area contributed by atoms with Crippen molar-refractivity contribution in [3.63, 3.8) is 0 Å². The summed E-state index contributed by atoms with van der Waals surface area (Å²) in [6, 6.07) is 3.15. The number of hydrogen-bond donors (Lipinski definition) is 2. The molecule has 0 saturated heterocycles. The maximum absolute atomic E-state index is 12.4. The van der Waals surface area contributed by atoms with Gasteiger partial charge in [0.1, 0.15) is 5.75 Å². The lowest BCUT2D eigenvalue weighted by Crippen LogP contribution is -2.29. The van der Waals surface area contributed by atoms with E-state index in [1.54, 1.807) is 0 Å². The molecule has 136 valence electrons. The third-order valence-corrected chi connectivity index (χ3v) is 3.08. The summed E-state index contributed by atoms with van der Waals surface area (Å²) in [5.74, 6) is -0.659. The van der Waals surface area contributed by atoms with Crippen LogP contribution in [0.1, 0.15) is 12.8 Å². The van der Waals surface area contributed by atoms with Crippen molar-refractivity contribution in [2.24, 2.45) is 5.92 Å². The normalized spacial score (nSPS) is 13.6. The number of hydrogen-bond acceptors (Lipinski definition) is 4. The van der Waals surface area contributed by atoms with E-state index in [0.717, 1.165) is 37.6 Å². The summed E-state index contributed by atoms with van der Waals surface area (Å²) in [5, 5.41) is 5.33. The van der Waals surface area contributed by atoms with Crippen molar-refractivity contribution in [3.05, 3.63) is 18.2 Å². The smallest absolute Gasteiger partial charge is 0.387 e. The van der Waals surface area contributed by atoms with Crippen LogP contribution in [-0.2, 0) is 4.79 Å². The van der Waals surface area contributed by atoms with Crippen LogP contribution in [0.2, 0.25) is 0 Å². The summed E-state index contributed by atoms with van der Waals surface area (Å²) < 4.78 is 57.4. The van der Waals surface area contributed by atoms with Gasteiger partial charge in [-0.05, 0) is 37.4 Å². The molecular formula is C14H17ClF4N2O3. The van der Waals surface area contributed by atoms with Gasteiger partial charge in [0.2, 0.25) is 5.91 Å². The first-order valence-corrected chi connectivity index (χ1v) is 6.98. The predicted octanol–water partition coefficient (Wildman–Crippen LogP) is 3.25. The summed E-state index contributed by atoms with van der Waals surface area (Å²) in [6.07, 6.45) is 2.26. The van der Waals surface area contributed by atoms with E-state index in [1.165, 1.54) is 0 Å². The molecule has 1 amide bonds. The number of rotatable bonds is 9. The quantitative estimate of drug-likeness (QED) is 0.653. The number of nitrogens with one attached hydrogen (secondary N) is 2. The Hall–Kier alpha value is -1.74. The first kappa shape index (κ1) is 20.3. The number of ether oxygens (including phenoxy) is 2. The van der Waals surface area contributed by atoms with Gasteiger partial charge in [0.05, 0.1) is 12.2 Å². The van der Waals surface area contributed by atoms with Gasteiger partial charge in [0.15, 0.2) is 5.75 Å². The first-order valence-electron chi connectivity index (χ1n) is 6.98. The van der Waals surface area contributed by atoms with E-state index in [4.69, 9.17) is 0 Å². The van der Waals surface area contributed by atoms with Gasteiger partial charge in [-0.25, -0.2) is 0 Å². The lowest BCUT2D eigenvalue weighted by atomic mass is 10.2. The van der Waals surface area contributed by atoms with Gasteiger partial charge in [-0.15, -0.1) is 12.4 Å². The fourth-order valence-corrected chi connectivity index (χ4v) is 1.88. The second-order valence-corrected chi connectivity index (χ2v) is 5.04. The van der Waals surface area contributed by atoms with Gasteiger partial charge in [-0.3, -0.25) is 4.79 Å². The van der Waals surface area contributed by atoms with Crippen molar-refractivity contribution in [1.29, 1.82) is 0 Å². The molecule has 0 spiro atoms. The number of alkyl halides is 4. The molecule has 0 aliphatic heterocycles. The van der Waals surface area contributed by atoms with Crippen molar-refractivity contribution >= 4 is 24.0 Å². The van der Waals surface area contributed by atoms with Gasteiger partial charge in [-0.1, -0.05) is 0 Å². The van der Waals surface area contributed by atoms with E-state index in [1.807, 2.05) is 0 Å². The molecule has 0 aromatic heterocycles. The van der Waals surface area contributed by atoms with Crippen LogP contribution in [0.5, 0.6) is 11.5 Å². The van der Waals surface area contributed by atoms with Crippen molar-refractivity contribution in [2.75, 3.05) is 18.4 Å². The maximum Gasteiger partial charge on any atom is 0.387 e. The Morgan fingerprint density at radius 2 is 1.83 bits per heavy atom. The van der Waals surface area contributed by atoms with E-state index >= 15 is 0 Å². The third kappa shape index (κ3) is 7.22. The SMILES string of the molecule is Cl.O=C(CNCC1CC1)Nc1ccc(OC(F)F)cc1OC(F)F. The van der Waals surface area contributed by atoms with Crippen LogP contribution in [0.15, 0.2) is 18.2 Å². The molecule has 0 radical (unpaired) electrons. The van der Waals surface area contributed by atoms with Crippen LogP contribution < -0.4 is 20.1 Å². The van der Waals surface area contributed by atoms with Crippen LogP contribution in [0, 0.1) is 5.92 Å². The van der Waals surface area contributed by atoms with E-state index in [-0.39, 0.29) is 30.4 Å². The zero-order valence-electron chi connectivity index (χ0n) is 12.4. The van der Waals surface area contributed by atoms with Gasteiger partial charge >= 0.3 is 13.2 Å². The lowest BCUT2D eigenvalue weighted by Gasteiger charge is -2.14. The van der Waals surface area contributed by atoms with Crippen LogP contribution in [0.4, 0.5) is 23.2 Å². The molecule has 0 atom stereocenters. The van der Waals surface area contributed by atoms with Crippen molar-refractivity contribution < 1.29 is 31.8 Å². The number of halogens is 5. The highest BCUT2D eigenvalue weighted by atomic mass is 35.5. The Bertz CT molecular complexity index is 545. The Kier molecular flexibility index (Phi) is 8.06. The second kappa shape index (κ2) is 9.53. The van der Waals surface area contributed by atoms with Crippen LogP contribution in [-0.4, -0.2) is 32.2 Å². The van der Waals surface area contributed by atoms with Crippen molar-refractivity contribution in [1.82, 2.24) is 5.32 Å². The summed E-state index contributed by atoms with van der Waals surface area (Å²) in [7, 11) is 0. The monoisotopic (exact) mass is 372 g/mol. The topological polar surface area (TPSA) is 59.6 Å². The minimum atomic E-state index is -3.17. The molecule has 1 aromatic carbocycles. The Morgan fingerprint density at radius 1 is 1.17 bits per heavy atom. The molecule has 10 heteroatoms. The fourth-order valence-electron chi connectivity index (χ4n) is 1.88. The third-order valence-electron chi connectivity index (χ3n) is 3.08. The van der Waals surface area contributed by atoms with E-state index in [9.17, 15) is 22.4 Å². The van der Waals surface area contributed by atoms with Crippen LogP contribution in [0.3, 0.4) is 0 Å². The molecule has 1 saturated carbocycles. The summed E-state index contributed by atoms with van der Waals surface area (Å²) >= 11 is 0. The molecule has 1 fully saturated rings. The standard InChI is InChI=1S/C14H16F4N2O3.ClH/c15-13(16)22-9-3-4-10(11(5-9)23-14(17)18)20-12(21)7-19-6-8-1-2-8;/h3-5,8,13-14,19H,1-2,6-7H2,(H,20,21);1H. The molecule has 2 N–H and O–H groups in total. The van der Waals surface area contributed by atoms with E-state index in [2.05, 4.69) is 20.1 Å². The van der Waals surface area contributed by atoms with Gasteiger partial charge in [0, 0.05) is 6.07 Å². The average Bonchev–Trinajstić information content (AvgIpc) is 3.24. The first-order chi connectivity index (χ1) is 10.9. The van der Waals surface area contributed by atoms with Gasteiger partial charge in [-0.2, -0.15) is 17.6 Å². The molecular weight excluding hydrogens is 356 g/mol. The minimum Gasteiger partial charge on any atom is -0.435 e. The number of carbonyl (C=O) groups is 1. The highest BCUT2D eigenvalue weighted by molar-refractivity contribution is 5.93. The second-order valence-electron chi connectivity index (χ2n) is 5.04. The highest BCUT2D eigenvalue weighted by Gasteiger charge is 2.21. The molecule has 1 aliphatic rings. The lowest BCUT2D eigenvalue weighted by molar-refractivity contribution is -0.115. The highest BCUT2D eigenvalue weighted by Crippen LogP contribution is 2.31. The molecule has 24 heavy (non-hydrogen) atoms. The van der Waals surface area contributed by atoms with Crippen LogP contribution in [0.25, 0.3) is 0 Å². The van der Waals surface area contributed by atoms with Gasteiger partial charge in [0.25, 0.3) is 0 Å². The summed E-state index contributed by atoms with van der Waals surface area (Å²) in [5.41, 5.74) is -0.0508. The predicted molar refractivity (Wildman–Crippen MR) is 81.2 cm³/mol. The number of benzene rings is 1. The average molecular weight is 373 g/mol. The minimum absolute atomic E-state index is 0. The molecule has 0 bridgehead atoms. The number of anilines is 1. The van der Waals surface area contributed by atoms with Crippen molar-refractivity contribution in [3.8, 4) is 11.5 Å². The van der Waals surface area contributed by atoms with Crippen molar-refractivity contribution in [2.45, 2.75) is 26.1 Å². The zero-order valence-corrected chi connectivity index (χ0v) is 13.3. The molecule has 1 aliphatic carbocycles. The Balaban J connectivity index is 0.00000288. The number of carbonyl (C=O) groups excluding carboxylic acids is 1. The Labute approximate surface area is 142 Å².